The molecule has 154 valence electrons. The van der Waals surface area contributed by atoms with Gasteiger partial charge in [0.1, 0.15) is 5.82 Å². The fraction of sp³-hybridized carbons (Fsp3) is 0.0435. The number of aromatic nitrogens is 3. The van der Waals surface area contributed by atoms with E-state index in [1.807, 2.05) is 30.3 Å². The third-order valence-corrected chi connectivity index (χ3v) is 4.69. The van der Waals surface area contributed by atoms with Gasteiger partial charge in [-0.2, -0.15) is 5.10 Å². The van der Waals surface area contributed by atoms with Crippen molar-refractivity contribution in [3.8, 4) is 22.5 Å². The summed E-state index contributed by atoms with van der Waals surface area (Å²) in [5.41, 5.74) is 7.93. The van der Waals surface area contributed by atoms with E-state index in [1.165, 1.54) is 24.4 Å². The van der Waals surface area contributed by atoms with Crippen LogP contribution in [0.2, 0.25) is 0 Å². The number of amides is 2. The van der Waals surface area contributed by atoms with E-state index in [-0.39, 0.29) is 16.8 Å². The average Bonchev–Trinajstić information content (AvgIpc) is 3.20. The number of anilines is 1. The molecule has 0 aliphatic heterocycles. The highest BCUT2D eigenvalue weighted by molar-refractivity contribution is 6.07. The first-order valence-electron chi connectivity index (χ1n) is 9.38. The van der Waals surface area contributed by atoms with E-state index in [0.29, 0.717) is 17.0 Å². The number of carbonyl (C=O) groups excluding carboxylic acids is 2. The van der Waals surface area contributed by atoms with Crippen LogP contribution in [-0.2, 0) is 7.05 Å². The van der Waals surface area contributed by atoms with Gasteiger partial charge in [0, 0.05) is 30.6 Å². The lowest BCUT2D eigenvalue weighted by Crippen LogP contribution is -2.17. The maximum absolute atomic E-state index is 14.5. The molecule has 0 aliphatic carbocycles. The molecule has 2 aromatic heterocycles. The van der Waals surface area contributed by atoms with Crippen molar-refractivity contribution in [2.24, 2.45) is 12.8 Å². The molecule has 3 N–H and O–H groups in total. The molecule has 0 fully saturated rings. The SMILES string of the molecule is Cn1ccc(-c2ccc(F)c(C(=O)Nc3cc(C(N)=O)cnc3-c3ccccc3)c2)n1. The quantitative estimate of drug-likeness (QED) is 0.519. The number of pyridine rings is 1. The van der Waals surface area contributed by atoms with Gasteiger partial charge in [-0.25, -0.2) is 4.39 Å². The van der Waals surface area contributed by atoms with Gasteiger partial charge in [-0.05, 0) is 30.3 Å². The lowest BCUT2D eigenvalue weighted by molar-refractivity contribution is 0.0995. The summed E-state index contributed by atoms with van der Waals surface area (Å²) in [6, 6.07) is 16.5. The largest absolute Gasteiger partial charge is 0.366 e. The van der Waals surface area contributed by atoms with Gasteiger partial charge in [0.2, 0.25) is 5.91 Å². The zero-order chi connectivity index (χ0) is 22.0. The normalized spacial score (nSPS) is 10.6. The lowest BCUT2D eigenvalue weighted by Gasteiger charge is -2.13. The summed E-state index contributed by atoms with van der Waals surface area (Å²) < 4.78 is 16.1. The minimum atomic E-state index is -0.689. The van der Waals surface area contributed by atoms with Crippen molar-refractivity contribution < 1.29 is 14.0 Å². The third-order valence-electron chi connectivity index (χ3n) is 4.69. The molecule has 31 heavy (non-hydrogen) atoms. The van der Waals surface area contributed by atoms with Crippen molar-refractivity contribution in [1.29, 1.82) is 0 Å². The molecule has 0 unspecified atom stereocenters. The minimum absolute atomic E-state index is 0.123. The maximum Gasteiger partial charge on any atom is 0.258 e. The van der Waals surface area contributed by atoms with Crippen LogP contribution < -0.4 is 11.1 Å². The highest BCUT2D eigenvalue weighted by Gasteiger charge is 2.18. The summed E-state index contributed by atoms with van der Waals surface area (Å²) in [5, 5.41) is 6.95. The van der Waals surface area contributed by atoms with E-state index in [1.54, 1.807) is 30.1 Å². The van der Waals surface area contributed by atoms with Gasteiger partial charge in [-0.15, -0.1) is 0 Å². The molecule has 0 saturated heterocycles. The van der Waals surface area contributed by atoms with E-state index in [0.717, 1.165) is 5.56 Å². The Morgan fingerprint density at radius 2 is 1.81 bits per heavy atom. The summed E-state index contributed by atoms with van der Waals surface area (Å²) in [5.74, 6) is -2.06. The van der Waals surface area contributed by atoms with E-state index in [9.17, 15) is 14.0 Å². The van der Waals surface area contributed by atoms with Crippen LogP contribution in [0.1, 0.15) is 20.7 Å². The van der Waals surface area contributed by atoms with E-state index >= 15 is 0 Å². The highest BCUT2D eigenvalue weighted by Crippen LogP contribution is 2.28. The number of nitrogens with zero attached hydrogens (tertiary/aromatic N) is 3. The van der Waals surface area contributed by atoms with Crippen LogP contribution in [0.15, 0.2) is 73.1 Å². The van der Waals surface area contributed by atoms with Crippen molar-refractivity contribution in [2.75, 3.05) is 5.32 Å². The van der Waals surface area contributed by atoms with Crippen LogP contribution in [0.3, 0.4) is 0 Å². The second-order valence-corrected chi connectivity index (χ2v) is 6.87. The Kier molecular flexibility index (Phi) is 5.28. The Bertz CT molecular complexity index is 1280. The fourth-order valence-corrected chi connectivity index (χ4v) is 3.14. The highest BCUT2D eigenvalue weighted by atomic mass is 19.1. The number of nitrogens with two attached hydrogens (primary N) is 1. The zero-order valence-corrected chi connectivity index (χ0v) is 16.5. The maximum atomic E-state index is 14.5. The van der Waals surface area contributed by atoms with Crippen LogP contribution in [0.4, 0.5) is 10.1 Å². The average molecular weight is 415 g/mol. The molecule has 0 radical (unpaired) electrons. The Labute approximate surface area is 177 Å². The topological polar surface area (TPSA) is 103 Å². The van der Waals surface area contributed by atoms with Gasteiger partial charge in [0.05, 0.1) is 28.2 Å². The van der Waals surface area contributed by atoms with Gasteiger partial charge in [-0.1, -0.05) is 30.3 Å². The van der Waals surface area contributed by atoms with E-state index in [2.05, 4.69) is 15.4 Å². The number of hydrogen-bond donors (Lipinski definition) is 2. The Morgan fingerprint density at radius 1 is 1.03 bits per heavy atom. The molecule has 2 aromatic carbocycles. The van der Waals surface area contributed by atoms with Crippen molar-refractivity contribution in [2.45, 2.75) is 0 Å². The Hall–Kier alpha value is -4.33. The van der Waals surface area contributed by atoms with Gasteiger partial charge in [0.15, 0.2) is 0 Å². The monoisotopic (exact) mass is 415 g/mol. The first-order valence-corrected chi connectivity index (χ1v) is 9.38. The summed E-state index contributed by atoms with van der Waals surface area (Å²) in [6.07, 6.45) is 3.09. The van der Waals surface area contributed by atoms with Gasteiger partial charge in [0.25, 0.3) is 5.91 Å². The summed E-state index contributed by atoms with van der Waals surface area (Å²) in [4.78, 5) is 28.9. The number of aryl methyl sites for hydroxylation is 1. The third kappa shape index (κ3) is 4.18. The first kappa shape index (κ1) is 20.0. The van der Waals surface area contributed by atoms with Crippen molar-refractivity contribution in [3.05, 3.63) is 90.0 Å². The number of carbonyl (C=O) groups is 2. The number of halogens is 1. The number of primary amides is 1. The Morgan fingerprint density at radius 3 is 2.48 bits per heavy atom. The Balaban J connectivity index is 1.73. The van der Waals surface area contributed by atoms with Crippen molar-refractivity contribution in [1.82, 2.24) is 14.8 Å². The summed E-state index contributed by atoms with van der Waals surface area (Å²) in [7, 11) is 1.77. The van der Waals surface area contributed by atoms with Crippen LogP contribution in [0, 0.1) is 5.82 Å². The lowest BCUT2D eigenvalue weighted by atomic mass is 10.1. The molecule has 8 heteroatoms. The fourth-order valence-electron chi connectivity index (χ4n) is 3.14. The predicted octanol–water partition coefficient (Wildman–Crippen LogP) is 3.64. The zero-order valence-electron chi connectivity index (χ0n) is 16.5. The molecule has 0 bridgehead atoms. The van der Waals surface area contributed by atoms with Crippen molar-refractivity contribution in [3.63, 3.8) is 0 Å². The number of nitrogens with one attached hydrogen (secondary N) is 1. The molecule has 4 rings (SSSR count). The number of rotatable bonds is 5. The molecule has 2 heterocycles. The molecule has 0 saturated carbocycles. The smallest absolute Gasteiger partial charge is 0.258 e. The van der Waals surface area contributed by atoms with E-state index in [4.69, 9.17) is 5.73 Å². The van der Waals surface area contributed by atoms with Crippen molar-refractivity contribution >= 4 is 17.5 Å². The molecule has 0 spiro atoms. The molecule has 0 aliphatic rings. The number of benzene rings is 2. The molecule has 0 atom stereocenters. The summed E-state index contributed by atoms with van der Waals surface area (Å²) in [6.45, 7) is 0. The minimum Gasteiger partial charge on any atom is -0.366 e. The van der Waals surface area contributed by atoms with Crippen LogP contribution >= 0.6 is 0 Å². The molecule has 4 aromatic rings. The first-order chi connectivity index (χ1) is 14.9. The molecule has 7 nitrogen and oxygen atoms in total. The predicted molar refractivity (Wildman–Crippen MR) is 115 cm³/mol. The molecule has 2 amide bonds. The van der Waals surface area contributed by atoms with Gasteiger partial charge in [-0.3, -0.25) is 19.3 Å². The molecular formula is C23H18FN5O2. The van der Waals surface area contributed by atoms with Crippen LogP contribution in [0.5, 0.6) is 0 Å². The second-order valence-electron chi connectivity index (χ2n) is 6.87. The van der Waals surface area contributed by atoms with Crippen LogP contribution in [0.25, 0.3) is 22.5 Å². The second kappa shape index (κ2) is 8.19. The van der Waals surface area contributed by atoms with Gasteiger partial charge >= 0.3 is 0 Å². The number of hydrogen-bond acceptors (Lipinski definition) is 4. The summed E-state index contributed by atoms with van der Waals surface area (Å²) >= 11 is 0. The standard InChI is InChI=1S/C23H18FN5O2/c1-29-10-9-19(28-29)15-7-8-18(24)17(11-15)23(31)27-20-12-16(22(25)30)13-26-21(20)14-5-3-2-4-6-14/h2-13H,1H3,(H2,25,30)(H,27,31). The molecular weight excluding hydrogens is 397 g/mol. The van der Waals surface area contributed by atoms with Gasteiger partial charge < -0.3 is 11.1 Å². The van der Waals surface area contributed by atoms with Crippen LogP contribution in [-0.4, -0.2) is 26.6 Å². The van der Waals surface area contributed by atoms with E-state index < -0.39 is 17.6 Å².